The number of carbonyl (C=O) groups is 3. The number of rotatable bonds is 2. The Balaban J connectivity index is 2.23. The molecule has 4 atom stereocenters. The summed E-state index contributed by atoms with van der Waals surface area (Å²) in [6.45, 7) is 1.86. The lowest BCUT2D eigenvalue weighted by atomic mass is 9.71. The van der Waals surface area contributed by atoms with Gasteiger partial charge in [-0.3, -0.25) is 14.4 Å². The Bertz CT molecular complexity index is 398. The molecular weight excluding hydrogens is 224 g/mol. The van der Waals surface area contributed by atoms with E-state index in [0.29, 0.717) is 0 Å². The highest BCUT2D eigenvalue weighted by Crippen LogP contribution is 2.41. The second-order valence-electron chi connectivity index (χ2n) is 4.48. The molecule has 0 N–H and O–H groups in total. The second-order valence-corrected chi connectivity index (χ2v) is 4.48. The number of methoxy groups -OCH3 is 1. The third kappa shape index (κ3) is 1.97. The van der Waals surface area contributed by atoms with Gasteiger partial charge in [0.1, 0.15) is 0 Å². The number of ether oxygens (including phenoxy) is 2. The zero-order valence-corrected chi connectivity index (χ0v) is 9.71. The van der Waals surface area contributed by atoms with E-state index >= 15 is 0 Å². The van der Waals surface area contributed by atoms with Crippen molar-refractivity contribution >= 4 is 17.9 Å². The molecule has 5 heteroatoms. The van der Waals surface area contributed by atoms with Gasteiger partial charge >= 0.3 is 17.9 Å². The molecule has 1 heterocycles. The summed E-state index contributed by atoms with van der Waals surface area (Å²) in [4.78, 5) is 34.4. The van der Waals surface area contributed by atoms with Gasteiger partial charge in [0, 0.05) is 5.92 Å². The molecule has 0 aromatic rings. The van der Waals surface area contributed by atoms with Crippen LogP contribution in [0, 0.1) is 23.7 Å². The summed E-state index contributed by atoms with van der Waals surface area (Å²) in [5.74, 6) is -2.73. The van der Waals surface area contributed by atoms with E-state index in [4.69, 9.17) is 0 Å². The van der Waals surface area contributed by atoms with Crippen molar-refractivity contribution in [3.63, 3.8) is 0 Å². The molecule has 17 heavy (non-hydrogen) atoms. The SMILES string of the molecule is COC(=O)CC1C=CC(C)C2C(=O)OC(=O)C12. The minimum Gasteiger partial charge on any atom is -0.469 e. The maximum Gasteiger partial charge on any atom is 0.318 e. The van der Waals surface area contributed by atoms with E-state index in [1.165, 1.54) is 7.11 Å². The molecular formula is C12H14O5. The first-order valence-corrected chi connectivity index (χ1v) is 5.55. The van der Waals surface area contributed by atoms with E-state index < -0.39 is 23.8 Å². The van der Waals surface area contributed by atoms with Gasteiger partial charge in [0.05, 0.1) is 25.4 Å². The number of allylic oxidation sites excluding steroid dienone is 2. The van der Waals surface area contributed by atoms with E-state index in [0.717, 1.165) is 0 Å². The smallest absolute Gasteiger partial charge is 0.318 e. The molecule has 0 saturated carbocycles. The van der Waals surface area contributed by atoms with Crippen LogP contribution in [0.4, 0.5) is 0 Å². The molecule has 1 aliphatic heterocycles. The van der Waals surface area contributed by atoms with Crippen molar-refractivity contribution in [1.29, 1.82) is 0 Å². The van der Waals surface area contributed by atoms with Crippen molar-refractivity contribution in [2.45, 2.75) is 13.3 Å². The highest BCUT2D eigenvalue weighted by Gasteiger charge is 2.51. The van der Waals surface area contributed by atoms with Crippen LogP contribution < -0.4 is 0 Å². The van der Waals surface area contributed by atoms with Gasteiger partial charge in [0.25, 0.3) is 0 Å². The monoisotopic (exact) mass is 238 g/mol. The van der Waals surface area contributed by atoms with E-state index in [1.54, 1.807) is 0 Å². The van der Waals surface area contributed by atoms with Gasteiger partial charge < -0.3 is 9.47 Å². The molecule has 2 rings (SSSR count). The van der Waals surface area contributed by atoms with E-state index in [-0.39, 0.29) is 24.2 Å². The largest absolute Gasteiger partial charge is 0.469 e. The summed E-state index contributed by atoms with van der Waals surface area (Å²) in [6.07, 6.45) is 3.76. The van der Waals surface area contributed by atoms with Crippen LogP contribution in [-0.4, -0.2) is 25.0 Å². The predicted octanol–water partition coefficient (Wildman–Crippen LogP) is 0.687. The van der Waals surface area contributed by atoms with Crippen molar-refractivity contribution in [1.82, 2.24) is 0 Å². The highest BCUT2D eigenvalue weighted by molar-refractivity contribution is 5.97. The normalized spacial score (nSPS) is 35.4. The first-order chi connectivity index (χ1) is 8.04. The molecule has 0 radical (unpaired) electrons. The fraction of sp³-hybridized carbons (Fsp3) is 0.583. The van der Waals surface area contributed by atoms with E-state index in [2.05, 4.69) is 9.47 Å². The molecule has 92 valence electrons. The Morgan fingerprint density at radius 2 is 1.94 bits per heavy atom. The Hall–Kier alpha value is -1.65. The van der Waals surface area contributed by atoms with Gasteiger partial charge in [0.2, 0.25) is 0 Å². The van der Waals surface area contributed by atoms with Crippen LogP contribution in [0.25, 0.3) is 0 Å². The number of hydrogen-bond donors (Lipinski definition) is 0. The van der Waals surface area contributed by atoms with Crippen LogP contribution in [0.1, 0.15) is 13.3 Å². The topological polar surface area (TPSA) is 69.7 Å². The Kier molecular flexibility index (Phi) is 3.00. The van der Waals surface area contributed by atoms with Crippen LogP contribution in [0.3, 0.4) is 0 Å². The molecule has 1 fully saturated rings. The maximum atomic E-state index is 11.6. The standard InChI is InChI=1S/C12H14O5/c1-6-3-4-7(5-8(13)16-2)10-9(6)11(14)17-12(10)15/h3-4,6-7,9-10H,5H2,1-2H3. The van der Waals surface area contributed by atoms with Gasteiger partial charge in [-0.2, -0.15) is 0 Å². The van der Waals surface area contributed by atoms with Gasteiger partial charge in [-0.05, 0) is 5.92 Å². The summed E-state index contributed by atoms with van der Waals surface area (Å²) in [7, 11) is 1.30. The van der Waals surface area contributed by atoms with Crippen LogP contribution in [0.5, 0.6) is 0 Å². The van der Waals surface area contributed by atoms with Crippen LogP contribution in [0.15, 0.2) is 12.2 Å². The zero-order valence-electron chi connectivity index (χ0n) is 9.71. The summed E-state index contributed by atoms with van der Waals surface area (Å²) in [5, 5.41) is 0. The zero-order chi connectivity index (χ0) is 12.6. The van der Waals surface area contributed by atoms with Crippen LogP contribution in [0.2, 0.25) is 0 Å². The van der Waals surface area contributed by atoms with Crippen molar-refractivity contribution < 1.29 is 23.9 Å². The van der Waals surface area contributed by atoms with Crippen molar-refractivity contribution in [2.24, 2.45) is 23.7 Å². The molecule has 0 aromatic heterocycles. The van der Waals surface area contributed by atoms with E-state index in [1.807, 2.05) is 19.1 Å². The number of esters is 3. The maximum absolute atomic E-state index is 11.6. The van der Waals surface area contributed by atoms with Crippen molar-refractivity contribution in [2.75, 3.05) is 7.11 Å². The minimum absolute atomic E-state index is 0.0344. The fourth-order valence-electron chi connectivity index (χ4n) is 2.54. The van der Waals surface area contributed by atoms with Gasteiger partial charge in [-0.25, -0.2) is 0 Å². The molecule has 0 aromatic carbocycles. The Morgan fingerprint density at radius 3 is 2.59 bits per heavy atom. The molecule has 1 aliphatic carbocycles. The predicted molar refractivity (Wildman–Crippen MR) is 56.5 cm³/mol. The van der Waals surface area contributed by atoms with Gasteiger partial charge in [-0.15, -0.1) is 0 Å². The Morgan fingerprint density at radius 1 is 1.29 bits per heavy atom. The summed E-state index contributed by atoms with van der Waals surface area (Å²) < 4.78 is 9.23. The number of cyclic esters (lactones) is 2. The lowest BCUT2D eigenvalue weighted by Crippen LogP contribution is -2.33. The fourth-order valence-corrected chi connectivity index (χ4v) is 2.54. The molecule has 0 bridgehead atoms. The Labute approximate surface area is 98.8 Å². The van der Waals surface area contributed by atoms with Gasteiger partial charge in [-0.1, -0.05) is 19.1 Å². The van der Waals surface area contributed by atoms with Crippen molar-refractivity contribution in [3.05, 3.63) is 12.2 Å². The van der Waals surface area contributed by atoms with Crippen LogP contribution >= 0.6 is 0 Å². The lowest BCUT2D eigenvalue weighted by molar-refractivity contribution is -0.154. The van der Waals surface area contributed by atoms with E-state index in [9.17, 15) is 14.4 Å². The molecule has 0 amide bonds. The first kappa shape index (κ1) is 11.8. The highest BCUT2D eigenvalue weighted by atomic mass is 16.6. The second kappa shape index (κ2) is 4.31. The van der Waals surface area contributed by atoms with Crippen molar-refractivity contribution in [3.8, 4) is 0 Å². The first-order valence-electron chi connectivity index (χ1n) is 5.55. The molecule has 0 spiro atoms. The molecule has 1 saturated heterocycles. The summed E-state index contributed by atoms with van der Waals surface area (Å²) in [6, 6.07) is 0. The number of hydrogen-bond acceptors (Lipinski definition) is 5. The molecule has 2 aliphatic rings. The molecule has 5 nitrogen and oxygen atoms in total. The number of carbonyl (C=O) groups excluding carboxylic acids is 3. The molecule has 4 unspecified atom stereocenters. The summed E-state index contributed by atoms with van der Waals surface area (Å²) >= 11 is 0. The minimum atomic E-state index is -0.540. The third-order valence-electron chi connectivity index (χ3n) is 3.45. The summed E-state index contributed by atoms with van der Waals surface area (Å²) in [5.41, 5.74) is 0. The quantitative estimate of drug-likeness (QED) is 0.402. The average molecular weight is 238 g/mol. The lowest BCUT2D eigenvalue weighted by Gasteiger charge is -2.28. The van der Waals surface area contributed by atoms with Crippen LogP contribution in [-0.2, 0) is 23.9 Å². The number of fused-ring (bicyclic) bond motifs is 1. The third-order valence-corrected chi connectivity index (χ3v) is 3.45. The van der Waals surface area contributed by atoms with Gasteiger partial charge in [0.15, 0.2) is 0 Å². The average Bonchev–Trinajstić information content (AvgIpc) is 2.59.